The molecule has 0 fully saturated rings. The number of nitrogens with zero attached hydrogens (tertiary/aromatic N) is 2. The lowest BCUT2D eigenvalue weighted by Crippen LogP contribution is -1.95. The molecule has 2 aromatic rings. The van der Waals surface area contributed by atoms with Gasteiger partial charge in [0.2, 0.25) is 5.89 Å². The molecule has 2 aromatic heterocycles. The number of ether oxygens (including phenoxy) is 1. The number of nitrogens with two attached hydrogens (primary N) is 1. The van der Waals surface area contributed by atoms with Crippen LogP contribution in [0.25, 0.3) is 11.3 Å². The van der Waals surface area contributed by atoms with Crippen molar-refractivity contribution in [3.05, 3.63) is 30.4 Å². The zero-order valence-corrected chi connectivity index (χ0v) is 8.30. The summed E-state index contributed by atoms with van der Waals surface area (Å²) >= 11 is 0. The minimum absolute atomic E-state index is 0.247. The van der Waals surface area contributed by atoms with Crippen LogP contribution in [-0.2, 0) is 6.54 Å². The molecule has 0 radical (unpaired) electrons. The van der Waals surface area contributed by atoms with Crippen LogP contribution in [0, 0.1) is 0 Å². The Morgan fingerprint density at radius 3 is 3.00 bits per heavy atom. The fourth-order valence-corrected chi connectivity index (χ4v) is 1.25. The summed E-state index contributed by atoms with van der Waals surface area (Å²) in [5.74, 6) is 1.44. The molecule has 0 spiro atoms. The lowest BCUT2D eigenvalue weighted by molar-refractivity contribution is 0.398. The third kappa shape index (κ3) is 1.82. The Labute approximate surface area is 86.9 Å². The Bertz CT molecular complexity index is 439. The van der Waals surface area contributed by atoms with E-state index in [0.29, 0.717) is 17.5 Å². The van der Waals surface area contributed by atoms with Crippen molar-refractivity contribution in [3.63, 3.8) is 0 Å². The van der Waals surface area contributed by atoms with Crippen molar-refractivity contribution in [2.45, 2.75) is 6.54 Å². The molecule has 5 heteroatoms. The number of pyridine rings is 1. The Hall–Kier alpha value is -1.88. The summed E-state index contributed by atoms with van der Waals surface area (Å²) in [4.78, 5) is 8.08. The van der Waals surface area contributed by atoms with Gasteiger partial charge < -0.3 is 14.9 Å². The Balaban J connectivity index is 2.47. The van der Waals surface area contributed by atoms with E-state index in [9.17, 15) is 0 Å². The van der Waals surface area contributed by atoms with Gasteiger partial charge in [0.15, 0.2) is 5.76 Å². The smallest absolute Gasteiger partial charge is 0.261 e. The van der Waals surface area contributed by atoms with Crippen LogP contribution in [0.1, 0.15) is 5.89 Å². The number of aromatic nitrogens is 2. The van der Waals surface area contributed by atoms with Gasteiger partial charge in [0.1, 0.15) is 0 Å². The molecule has 0 aliphatic rings. The average Bonchev–Trinajstić information content (AvgIpc) is 2.73. The lowest BCUT2D eigenvalue weighted by atomic mass is 10.2. The zero-order valence-electron chi connectivity index (χ0n) is 8.30. The van der Waals surface area contributed by atoms with E-state index in [4.69, 9.17) is 14.9 Å². The molecule has 0 atom stereocenters. The monoisotopic (exact) mass is 205 g/mol. The van der Waals surface area contributed by atoms with Gasteiger partial charge in [-0.3, -0.25) is 4.98 Å². The molecule has 0 amide bonds. The fraction of sp³-hybridized carbons (Fsp3) is 0.200. The van der Waals surface area contributed by atoms with Gasteiger partial charge in [-0.05, 0) is 12.1 Å². The molecule has 0 unspecified atom stereocenters. The number of hydrogen-bond acceptors (Lipinski definition) is 5. The van der Waals surface area contributed by atoms with Crippen LogP contribution in [0.5, 0.6) is 5.88 Å². The molecule has 0 aliphatic heterocycles. The summed E-state index contributed by atoms with van der Waals surface area (Å²) in [5, 5.41) is 0. The molecule has 0 aromatic carbocycles. The number of methoxy groups -OCH3 is 1. The second-order valence-corrected chi connectivity index (χ2v) is 2.89. The first-order valence-electron chi connectivity index (χ1n) is 4.49. The summed E-state index contributed by atoms with van der Waals surface area (Å²) in [5.41, 5.74) is 6.26. The van der Waals surface area contributed by atoms with E-state index in [-0.39, 0.29) is 6.54 Å². The van der Waals surface area contributed by atoms with Gasteiger partial charge in [-0.15, -0.1) is 0 Å². The van der Waals surface area contributed by atoms with E-state index in [2.05, 4.69) is 9.97 Å². The third-order valence-corrected chi connectivity index (χ3v) is 1.93. The van der Waals surface area contributed by atoms with Crippen molar-refractivity contribution in [1.82, 2.24) is 9.97 Å². The SMILES string of the molecule is COc1nc(CN)oc1-c1cccnc1. The van der Waals surface area contributed by atoms with Crippen LogP contribution < -0.4 is 10.5 Å². The summed E-state index contributed by atoms with van der Waals surface area (Å²) in [6, 6.07) is 3.69. The van der Waals surface area contributed by atoms with Gasteiger partial charge in [-0.2, -0.15) is 4.98 Å². The number of rotatable bonds is 3. The largest absolute Gasteiger partial charge is 0.478 e. The lowest BCUT2D eigenvalue weighted by Gasteiger charge is -1.97. The van der Waals surface area contributed by atoms with E-state index in [1.165, 1.54) is 7.11 Å². The van der Waals surface area contributed by atoms with Crippen molar-refractivity contribution in [1.29, 1.82) is 0 Å². The van der Waals surface area contributed by atoms with Gasteiger partial charge in [-0.1, -0.05) is 0 Å². The minimum atomic E-state index is 0.247. The van der Waals surface area contributed by atoms with E-state index in [1.54, 1.807) is 12.4 Å². The standard InChI is InChI=1S/C10H11N3O2/c1-14-10-9(15-8(5-11)13-10)7-3-2-4-12-6-7/h2-4,6H,5,11H2,1H3. The van der Waals surface area contributed by atoms with Crippen LogP contribution >= 0.6 is 0 Å². The molecule has 0 bridgehead atoms. The van der Waals surface area contributed by atoms with Crippen molar-refractivity contribution in [3.8, 4) is 17.2 Å². The maximum Gasteiger partial charge on any atom is 0.261 e. The highest BCUT2D eigenvalue weighted by Crippen LogP contribution is 2.29. The third-order valence-electron chi connectivity index (χ3n) is 1.93. The Morgan fingerprint density at radius 1 is 1.53 bits per heavy atom. The predicted molar refractivity (Wildman–Crippen MR) is 54.2 cm³/mol. The molecule has 2 N–H and O–H groups in total. The summed E-state index contributed by atoms with van der Waals surface area (Å²) < 4.78 is 10.5. The second kappa shape index (κ2) is 4.10. The van der Waals surface area contributed by atoms with Gasteiger partial charge in [0.25, 0.3) is 5.88 Å². The van der Waals surface area contributed by atoms with Crippen LogP contribution in [0.4, 0.5) is 0 Å². The molecule has 0 saturated carbocycles. The molecular formula is C10H11N3O2. The van der Waals surface area contributed by atoms with Gasteiger partial charge >= 0.3 is 0 Å². The normalized spacial score (nSPS) is 10.3. The van der Waals surface area contributed by atoms with Crippen molar-refractivity contribution < 1.29 is 9.15 Å². The van der Waals surface area contributed by atoms with E-state index in [1.807, 2.05) is 12.1 Å². The highest BCUT2D eigenvalue weighted by molar-refractivity contribution is 5.61. The number of oxazole rings is 1. The van der Waals surface area contributed by atoms with Gasteiger partial charge in [-0.25, -0.2) is 0 Å². The van der Waals surface area contributed by atoms with Crippen LogP contribution in [0.15, 0.2) is 28.9 Å². The number of hydrogen-bond donors (Lipinski definition) is 1. The molecule has 0 aliphatic carbocycles. The highest BCUT2D eigenvalue weighted by Gasteiger charge is 2.14. The van der Waals surface area contributed by atoms with Crippen molar-refractivity contribution in [2.75, 3.05) is 7.11 Å². The zero-order chi connectivity index (χ0) is 10.7. The van der Waals surface area contributed by atoms with Gasteiger partial charge in [0.05, 0.1) is 13.7 Å². The average molecular weight is 205 g/mol. The van der Waals surface area contributed by atoms with Gasteiger partial charge in [0, 0.05) is 18.0 Å². The predicted octanol–water partition coefficient (Wildman–Crippen LogP) is 1.20. The van der Waals surface area contributed by atoms with Crippen LogP contribution in [-0.4, -0.2) is 17.1 Å². The maximum absolute atomic E-state index is 5.44. The minimum Gasteiger partial charge on any atom is -0.478 e. The van der Waals surface area contributed by atoms with E-state index in [0.717, 1.165) is 5.56 Å². The molecular weight excluding hydrogens is 194 g/mol. The fourth-order valence-electron chi connectivity index (χ4n) is 1.25. The maximum atomic E-state index is 5.44. The second-order valence-electron chi connectivity index (χ2n) is 2.89. The first kappa shape index (κ1) is 9.67. The molecule has 2 heterocycles. The molecule has 78 valence electrons. The quantitative estimate of drug-likeness (QED) is 0.815. The van der Waals surface area contributed by atoms with Crippen molar-refractivity contribution >= 4 is 0 Å². The molecule has 5 nitrogen and oxygen atoms in total. The molecule has 15 heavy (non-hydrogen) atoms. The topological polar surface area (TPSA) is 74.2 Å². The van der Waals surface area contributed by atoms with E-state index < -0.39 is 0 Å². The highest BCUT2D eigenvalue weighted by atomic mass is 16.5. The van der Waals surface area contributed by atoms with E-state index >= 15 is 0 Å². The van der Waals surface area contributed by atoms with Crippen LogP contribution in [0.3, 0.4) is 0 Å². The Kier molecular flexibility index (Phi) is 2.64. The summed E-state index contributed by atoms with van der Waals surface area (Å²) in [6.45, 7) is 0.247. The summed E-state index contributed by atoms with van der Waals surface area (Å²) in [7, 11) is 1.54. The molecule has 2 rings (SSSR count). The van der Waals surface area contributed by atoms with Crippen molar-refractivity contribution in [2.24, 2.45) is 5.73 Å². The first-order chi connectivity index (χ1) is 7.35. The summed E-state index contributed by atoms with van der Waals surface area (Å²) in [6.07, 6.45) is 3.37. The Morgan fingerprint density at radius 2 is 2.40 bits per heavy atom. The van der Waals surface area contributed by atoms with Crippen LogP contribution in [0.2, 0.25) is 0 Å². The molecule has 0 saturated heterocycles. The first-order valence-corrected chi connectivity index (χ1v) is 4.49.